The van der Waals surface area contributed by atoms with E-state index < -0.39 is 13.9 Å². The van der Waals surface area contributed by atoms with Gasteiger partial charge < -0.3 is 28.0 Å². The number of unbranched alkanes of at least 4 members (excludes halogenated alkanes) is 1. The maximum atomic E-state index is 8.88. The van der Waals surface area contributed by atoms with Gasteiger partial charge >= 0.3 is 0 Å². The van der Waals surface area contributed by atoms with Gasteiger partial charge in [0.05, 0.1) is 77.4 Å². The second kappa shape index (κ2) is 29.1. The van der Waals surface area contributed by atoms with Gasteiger partial charge in [0.15, 0.2) is 0 Å². The number of ether oxygens (including phenoxy) is 4. The third-order valence-electron chi connectivity index (χ3n) is 5.75. The molecule has 15 heteroatoms. The molecule has 1 atom stereocenters. The fraction of sp³-hybridized carbons (Fsp3) is 0.963. The predicted molar refractivity (Wildman–Crippen MR) is 156 cm³/mol. The van der Waals surface area contributed by atoms with Crippen molar-refractivity contribution >= 4 is 8.53 Å². The number of hydrogen-bond donors (Lipinski definition) is 3. The first-order valence-corrected chi connectivity index (χ1v) is 15.8. The van der Waals surface area contributed by atoms with Gasteiger partial charge in [0.25, 0.3) is 8.53 Å². The van der Waals surface area contributed by atoms with Crippen LogP contribution in [0.25, 0.3) is 0 Å². The van der Waals surface area contributed by atoms with Crippen LogP contribution in [-0.4, -0.2) is 118 Å². The number of nitriles is 1. The van der Waals surface area contributed by atoms with Crippen LogP contribution in [0, 0.1) is 16.7 Å². The summed E-state index contributed by atoms with van der Waals surface area (Å²) >= 11 is 0. The van der Waals surface area contributed by atoms with Crippen LogP contribution in [0.5, 0.6) is 0 Å². The summed E-state index contributed by atoms with van der Waals surface area (Å²) in [7, 11) is -1.27. The molecule has 1 unspecified atom stereocenters. The lowest BCUT2D eigenvalue weighted by Crippen LogP contribution is -2.42. The quantitative estimate of drug-likeness (QED) is 0.0402. The van der Waals surface area contributed by atoms with Crippen LogP contribution in [0.4, 0.5) is 0 Å². The van der Waals surface area contributed by atoms with Crippen LogP contribution in [0.3, 0.4) is 0 Å². The minimum Gasteiger partial charge on any atom is -0.381 e. The summed E-state index contributed by atoms with van der Waals surface area (Å²) in [5.74, 6) is 0. The molecular weight excluding hydrogens is 575 g/mol. The van der Waals surface area contributed by atoms with Gasteiger partial charge in [-0.1, -0.05) is 0 Å². The van der Waals surface area contributed by atoms with Crippen LogP contribution in [-0.2, 0) is 42.7 Å². The standard InChI is InChI=1S/C27H55N2O12P/c1-25(2)29(26(3)4)42(41-20-7-11-28)40-19-6-5-12-33-21-27(22-34-13-8-16-37-30,23-35-14-9-17-38-31)24-36-15-10-18-39-32/h25-26,30-32H,5-10,12-24H2,1-4H3. The van der Waals surface area contributed by atoms with Crippen LogP contribution in [0.15, 0.2) is 0 Å². The van der Waals surface area contributed by atoms with E-state index in [1.54, 1.807) is 0 Å². The fourth-order valence-corrected chi connectivity index (χ4v) is 5.47. The van der Waals surface area contributed by atoms with Crippen molar-refractivity contribution in [1.29, 1.82) is 5.26 Å². The van der Waals surface area contributed by atoms with E-state index in [9.17, 15) is 0 Å². The van der Waals surface area contributed by atoms with Gasteiger partial charge in [-0.25, -0.2) is 19.3 Å². The zero-order valence-corrected chi connectivity index (χ0v) is 26.8. The molecule has 42 heavy (non-hydrogen) atoms. The van der Waals surface area contributed by atoms with Crippen LogP contribution >= 0.6 is 8.53 Å². The largest absolute Gasteiger partial charge is 0.381 e. The molecule has 0 aliphatic heterocycles. The minimum absolute atomic E-state index is 0.165. The molecule has 0 amide bonds. The molecule has 0 aromatic heterocycles. The van der Waals surface area contributed by atoms with Crippen molar-refractivity contribution < 1.29 is 58.4 Å². The Morgan fingerprint density at radius 2 is 0.976 bits per heavy atom. The fourth-order valence-electron chi connectivity index (χ4n) is 3.84. The molecule has 0 aromatic carbocycles. The van der Waals surface area contributed by atoms with E-state index in [-0.39, 0.29) is 31.9 Å². The Balaban J connectivity index is 4.98. The van der Waals surface area contributed by atoms with E-state index in [0.717, 1.165) is 12.8 Å². The maximum absolute atomic E-state index is 8.88. The molecular formula is C27H55N2O12P. The van der Waals surface area contributed by atoms with E-state index in [0.29, 0.717) is 91.8 Å². The van der Waals surface area contributed by atoms with Gasteiger partial charge in [0.1, 0.15) is 0 Å². The Bertz CT molecular complexity index is 586. The van der Waals surface area contributed by atoms with Gasteiger partial charge in [0.2, 0.25) is 0 Å². The van der Waals surface area contributed by atoms with Crippen LogP contribution in [0.1, 0.15) is 66.2 Å². The zero-order valence-electron chi connectivity index (χ0n) is 25.9. The van der Waals surface area contributed by atoms with Crippen molar-refractivity contribution in [2.75, 3.05) is 85.9 Å². The highest BCUT2D eigenvalue weighted by Gasteiger charge is 2.33. The van der Waals surface area contributed by atoms with Gasteiger partial charge in [0, 0.05) is 38.5 Å². The molecule has 0 aromatic rings. The molecule has 3 N–H and O–H groups in total. The lowest BCUT2D eigenvalue weighted by molar-refractivity contribution is -0.245. The monoisotopic (exact) mass is 630 g/mol. The molecule has 0 heterocycles. The van der Waals surface area contributed by atoms with Crippen molar-refractivity contribution in [2.24, 2.45) is 5.41 Å². The first kappa shape index (κ1) is 41.4. The highest BCUT2D eigenvalue weighted by Crippen LogP contribution is 2.46. The average molecular weight is 631 g/mol. The summed E-state index contributed by atoms with van der Waals surface area (Å²) in [6.45, 7) is 12.5. The smallest absolute Gasteiger partial charge is 0.259 e. The van der Waals surface area contributed by atoms with Crippen LogP contribution < -0.4 is 0 Å². The molecule has 14 nitrogen and oxygen atoms in total. The third kappa shape index (κ3) is 22.0. The number of rotatable bonds is 32. The zero-order chi connectivity index (χ0) is 31.3. The lowest BCUT2D eigenvalue weighted by atomic mass is 9.92. The predicted octanol–water partition coefficient (Wildman–Crippen LogP) is 4.75. The molecule has 0 aliphatic rings. The Labute approximate surface area is 252 Å². The molecule has 0 spiro atoms. The van der Waals surface area contributed by atoms with Crippen molar-refractivity contribution in [3.05, 3.63) is 0 Å². The molecule has 0 rings (SSSR count). The number of hydrogen-bond acceptors (Lipinski definition) is 14. The van der Waals surface area contributed by atoms with Gasteiger partial charge in [-0.05, 0) is 59.8 Å². The van der Waals surface area contributed by atoms with E-state index in [2.05, 4.69) is 53.1 Å². The maximum Gasteiger partial charge on any atom is 0.259 e. The Morgan fingerprint density at radius 3 is 1.36 bits per heavy atom. The molecule has 0 bridgehead atoms. The van der Waals surface area contributed by atoms with E-state index in [1.165, 1.54) is 0 Å². The summed E-state index contributed by atoms with van der Waals surface area (Å²) in [5, 5.41) is 34.6. The van der Waals surface area contributed by atoms with E-state index >= 15 is 0 Å². The van der Waals surface area contributed by atoms with Crippen LogP contribution in [0.2, 0.25) is 0 Å². The minimum atomic E-state index is -1.27. The van der Waals surface area contributed by atoms with Crippen molar-refractivity contribution in [3.8, 4) is 6.07 Å². The molecule has 250 valence electrons. The van der Waals surface area contributed by atoms with Gasteiger partial charge in [-0.15, -0.1) is 0 Å². The van der Waals surface area contributed by atoms with Crippen molar-refractivity contribution in [2.45, 2.75) is 78.3 Å². The second-order valence-corrected chi connectivity index (χ2v) is 11.8. The topological polar surface area (TPSA) is 171 Å². The van der Waals surface area contributed by atoms with E-state index in [4.69, 9.17) is 49.0 Å². The van der Waals surface area contributed by atoms with Gasteiger partial charge in [-0.3, -0.25) is 15.8 Å². The van der Waals surface area contributed by atoms with Gasteiger partial charge in [-0.2, -0.15) is 5.26 Å². The third-order valence-corrected chi connectivity index (χ3v) is 7.86. The second-order valence-electron chi connectivity index (χ2n) is 10.4. The Hall–Kier alpha value is -0.600. The summed E-state index contributed by atoms with van der Waals surface area (Å²) in [4.78, 5) is 12.3. The highest BCUT2D eigenvalue weighted by atomic mass is 31.2. The number of nitrogens with zero attached hydrogens (tertiary/aromatic N) is 2. The summed E-state index contributed by atoms with van der Waals surface area (Å²) in [5.41, 5.74) is -0.616. The Morgan fingerprint density at radius 1 is 0.595 bits per heavy atom. The molecule has 0 fully saturated rings. The SMILES string of the molecule is CC(C)N(C(C)C)P(OCCC#N)OCCCCOCC(COCCCOO)(COCCCOO)COCCCOO. The first-order valence-electron chi connectivity index (χ1n) is 14.7. The summed E-state index contributed by atoms with van der Waals surface area (Å²) in [6, 6.07) is 2.59. The summed E-state index contributed by atoms with van der Waals surface area (Å²) in [6.07, 6.45) is 3.40. The highest BCUT2D eigenvalue weighted by molar-refractivity contribution is 7.44. The molecule has 0 aliphatic carbocycles. The molecule has 0 radical (unpaired) electrons. The first-order chi connectivity index (χ1) is 20.4. The normalized spacial score (nSPS) is 13.0. The average Bonchev–Trinajstić information content (AvgIpc) is 2.95. The lowest BCUT2D eigenvalue weighted by Gasteiger charge is -2.35. The molecule has 0 saturated heterocycles. The van der Waals surface area contributed by atoms with E-state index in [1.807, 2.05) is 0 Å². The van der Waals surface area contributed by atoms with Crippen molar-refractivity contribution in [3.63, 3.8) is 0 Å². The molecule has 0 saturated carbocycles. The Kier molecular flexibility index (Phi) is 28.7. The van der Waals surface area contributed by atoms with Crippen molar-refractivity contribution in [1.82, 2.24) is 4.67 Å². The summed E-state index contributed by atoms with van der Waals surface area (Å²) < 4.78 is 37.9.